The van der Waals surface area contributed by atoms with Crippen LogP contribution >= 0.6 is 0 Å². The molecule has 0 atom stereocenters. The van der Waals surface area contributed by atoms with Crippen molar-refractivity contribution in [3.63, 3.8) is 0 Å². The summed E-state index contributed by atoms with van der Waals surface area (Å²) in [5, 5.41) is 6.98. The zero-order valence-corrected chi connectivity index (χ0v) is 14.8. The molecule has 4 rings (SSSR count). The van der Waals surface area contributed by atoms with Gasteiger partial charge in [0.2, 0.25) is 0 Å². The lowest BCUT2D eigenvalue weighted by Crippen LogP contribution is -2.64. The Kier molecular flexibility index (Phi) is 3.79. The molecule has 116 valence electrons. The first-order valence-electron chi connectivity index (χ1n) is 8.39. The Labute approximate surface area is 144 Å². The van der Waals surface area contributed by atoms with Gasteiger partial charge in [-0.15, -0.1) is 0 Å². The van der Waals surface area contributed by atoms with E-state index in [1.165, 1.54) is 26.3 Å². The molecule has 0 nitrogen and oxygen atoms in total. The van der Waals surface area contributed by atoms with Crippen LogP contribution in [0, 0.1) is 0 Å². The minimum atomic E-state index is -1.99. The van der Waals surface area contributed by atoms with Gasteiger partial charge < -0.3 is 0 Å². The standard InChI is InChI=1S/C23H20Si/c1-24(21-12-4-2-5-13-21,22-14-6-3-7-15-22)23-17-16-19-10-8-9-11-20(19)18-23/h2-18H,1H3. The Bertz CT molecular complexity index is 919. The Morgan fingerprint density at radius 1 is 0.458 bits per heavy atom. The van der Waals surface area contributed by atoms with E-state index < -0.39 is 8.07 Å². The fourth-order valence-electron chi connectivity index (χ4n) is 3.54. The second-order valence-electron chi connectivity index (χ2n) is 6.42. The number of rotatable bonds is 3. The average Bonchev–Trinajstić information content (AvgIpc) is 2.68. The van der Waals surface area contributed by atoms with Crippen LogP contribution in [0.1, 0.15) is 0 Å². The molecule has 0 saturated heterocycles. The van der Waals surface area contributed by atoms with E-state index in [2.05, 4.69) is 110 Å². The van der Waals surface area contributed by atoms with Crippen LogP contribution in [0.25, 0.3) is 10.8 Å². The molecule has 0 spiro atoms. The van der Waals surface area contributed by atoms with Crippen molar-refractivity contribution in [3.05, 3.63) is 103 Å². The highest BCUT2D eigenvalue weighted by atomic mass is 28.3. The minimum Gasteiger partial charge on any atom is -0.0624 e. The third-order valence-electron chi connectivity index (χ3n) is 5.03. The first kappa shape index (κ1) is 14.9. The minimum absolute atomic E-state index is 1.30. The molecule has 0 aliphatic heterocycles. The van der Waals surface area contributed by atoms with Crippen molar-refractivity contribution in [2.75, 3.05) is 0 Å². The molecule has 4 aromatic carbocycles. The molecule has 0 fully saturated rings. The van der Waals surface area contributed by atoms with Gasteiger partial charge in [0.25, 0.3) is 0 Å². The van der Waals surface area contributed by atoms with Gasteiger partial charge in [-0.05, 0) is 26.3 Å². The fourth-order valence-corrected chi connectivity index (χ4v) is 7.12. The second-order valence-corrected chi connectivity index (χ2v) is 10.4. The summed E-state index contributed by atoms with van der Waals surface area (Å²) < 4.78 is 0. The van der Waals surface area contributed by atoms with Crippen molar-refractivity contribution in [1.29, 1.82) is 0 Å². The molecular formula is C23H20Si. The number of hydrogen-bond donors (Lipinski definition) is 0. The van der Waals surface area contributed by atoms with E-state index in [9.17, 15) is 0 Å². The van der Waals surface area contributed by atoms with Crippen molar-refractivity contribution >= 4 is 34.4 Å². The maximum atomic E-state index is 2.46. The van der Waals surface area contributed by atoms with Crippen molar-refractivity contribution in [2.45, 2.75) is 6.55 Å². The lowest BCUT2D eigenvalue weighted by molar-refractivity contribution is 1.68. The quantitative estimate of drug-likeness (QED) is 0.395. The summed E-state index contributed by atoms with van der Waals surface area (Å²) in [5.74, 6) is 0. The predicted molar refractivity (Wildman–Crippen MR) is 107 cm³/mol. The Morgan fingerprint density at radius 2 is 0.958 bits per heavy atom. The third kappa shape index (κ3) is 2.47. The summed E-state index contributed by atoms with van der Waals surface area (Å²) in [7, 11) is -1.99. The molecule has 0 unspecified atom stereocenters. The van der Waals surface area contributed by atoms with Gasteiger partial charge in [-0.2, -0.15) is 0 Å². The summed E-state index contributed by atoms with van der Waals surface area (Å²) in [4.78, 5) is 0. The third-order valence-corrected chi connectivity index (χ3v) is 9.47. The topological polar surface area (TPSA) is 0 Å². The zero-order valence-electron chi connectivity index (χ0n) is 13.8. The predicted octanol–water partition coefficient (Wildman–Crippen LogP) is 3.94. The molecule has 0 radical (unpaired) electrons. The van der Waals surface area contributed by atoms with E-state index in [0.29, 0.717) is 0 Å². The number of benzene rings is 4. The van der Waals surface area contributed by atoms with Gasteiger partial charge in [0.05, 0.1) is 0 Å². The second kappa shape index (κ2) is 6.10. The van der Waals surface area contributed by atoms with Crippen molar-refractivity contribution in [1.82, 2.24) is 0 Å². The Balaban J connectivity index is 1.98. The van der Waals surface area contributed by atoms with Gasteiger partial charge >= 0.3 is 0 Å². The first-order chi connectivity index (χ1) is 11.8. The van der Waals surface area contributed by atoms with Gasteiger partial charge in [-0.25, -0.2) is 0 Å². The number of hydrogen-bond acceptors (Lipinski definition) is 0. The van der Waals surface area contributed by atoms with Crippen LogP contribution in [0.2, 0.25) is 6.55 Å². The van der Waals surface area contributed by atoms with Crippen LogP contribution in [0.4, 0.5) is 0 Å². The maximum absolute atomic E-state index is 2.46. The van der Waals surface area contributed by atoms with Gasteiger partial charge in [0.15, 0.2) is 0 Å². The molecule has 24 heavy (non-hydrogen) atoms. The SMILES string of the molecule is C[Si](c1ccccc1)(c1ccccc1)c1ccc2ccccc2c1. The molecule has 0 bridgehead atoms. The van der Waals surface area contributed by atoms with Crippen LogP contribution in [-0.2, 0) is 0 Å². The molecule has 0 aliphatic carbocycles. The molecule has 0 N–H and O–H groups in total. The average molecular weight is 324 g/mol. The van der Waals surface area contributed by atoms with Crippen molar-refractivity contribution in [3.8, 4) is 0 Å². The van der Waals surface area contributed by atoms with Gasteiger partial charge in [0, 0.05) is 0 Å². The molecule has 0 aromatic heterocycles. The largest absolute Gasteiger partial charge is 0.145 e. The lowest BCUT2D eigenvalue weighted by atomic mass is 10.1. The van der Waals surface area contributed by atoms with Crippen LogP contribution in [0.15, 0.2) is 103 Å². The van der Waals surface area contributed by atoms with Crippen molar-refractivity contribution < 1.29 is 0 Å². The van der Waals surface area contributed by atoms with Crippen LogP contribution in [-0.4, -0.2) is 8.07 Å². The highest BCUT2D eigenvalue weighted by Gasteiger charge is 2.33. The maximum Gasteiger partial charge on any atom is 0.145 e. The van der Waals surface area contributed by atoms with Gasteiger partial charge in [-0.3, -0.25) is 0 Å². The summed E-state index contributed by atoms with van der Waals surface area (Å²) in [6, 6.07) is 37.6. The highest BCUT2D eigenvalue weighted by molar-refractivity contribution is 7.10. The van der Waals surface area contributed by atoms with E-state index in [4.69, 9.17) is 0 Å². The molecule has 0 saturated carbocycles. The van der Waals surface area contributed by atoms with E-state index in [0.717, 1.165) is 0 Å². The van der Waals surface area contributed by atoms with Crippen LogP contribution in [0.3, 0.4) is 0 Å². The van der Waals surface area contributed by atoms with Gasteiger partial charge in [0.1, 0.15) is 8.07 Å². The monoisotopic (exact) mass is 324 g/mol. The number of fused-ring (bicyclic) bond motifs is 1. The first-order valence-corrected chi connectivity index (χ1v) is 10.9. The van der Waals surface area contributed by atoms with Crippen LogP contribution < -0.4 is 15.6 Å². The molecule has 0 amide bonds. The molecule has 0 aliphatic rings. The van der Waals surface area contributed by atoms with E-state index in [1.807, 2.05) is 0 Å². The van der Waals surface area contributed by atoms with E-state index in [1.54, 1.807) is 0 Å². The van der Waals surface area contributed by atoms with E-state index in [-0.39, 0.29) is 0 Å². The smallest absolute Gasteiger partial charge is 0.0624 e. The summed E-state index contributed by atoms with van der Waals surface area (Å²) in [6.45, 7) is 2.46. The van der Waals surface area contributed by atoms with Gasteiger partial charge in [-0.1, -0.05) is 110 Å². The van der Waals surface area contributed by atoms with E-state index >= 15 is 0 Å². The summed E-state index contributed by atoms with van der Waals surface area (Å²) in [5.41, 5.74) is 0. The van der Waals surface area contributed by atoms with Crippen molar-refractivity contribution in [2.24, 2.45) is 0 Å². The Hall–Kier alpha value is -2.64. The highest BCUT2D eigenvalue weighted by Crippen LogP contribution is 2.15. The van der Waals surface area contributed by atoms with Crippen LogP contribution in [0.5, 0.6) is 0 Å². The Morgan fingerprint density at radius 3 is 1.54 bits per heavy atom. The summed E-state index contributed by atoms with van der Waals surface area (Å²) in [6.07, 6.45) is 0. The summed E-state index contributed by atoms with van der Waals surface area (Å²) >= 11 is 0. The zero-order chi connectivity index (χ0) is 16.4. The molecule has 0 heterocycles. The fraction of sp³-hybridized carbons (Fsp3) is 0.0435. The normalized spacial score (nSPS) is 11.5. The molecule has 1 heteroatoms. The molecular weight excluding hydrogens is 304 g/mol. The molecule has 4 aromatic rings. The lowest BCUT2D eigenvalue weighted by Gasteiger charge is -2.29.